The van der Waals surface area contributed by atoms with E-state index in [1.54, 1.807) is 0 Å². The van der Waals surface area contributed by atoms with Crippen LogP contribution in [0.15, 0.2) is 0 Å². The zero-order chi connectivity index (χ0) is 11.6. The third-order valence-electron chi connectivity index (χ3n) is 1.75. The van der Waals surface area contributed by atoms with Crippen LogP contribution in [-0.2, 0) is 0 Å². The molecule has 0 unspecified atom stereocenters. The first-order valence-electron chi connectivity index (χ1n) is 4.89. The van der Waals surface area contributed by atoms with Gasteiger partial charge >= 0.3 is 0 Å². The predicted molar refractivity (Wildman–Crippen MR) is 66.2 cm³/mol. The van der Waals surface area contributed by atoms with Crippen LogP contribution in [-0.4, -0.2) is 24.7 Å². The molecule has 0 saturated heterocycles. The molecule has 14 heavy (non-hydrogen) atoms. The Morgan fingerprint density at radius 1 is 1.21 bits per heavy atom. The Bertz CT molecular complexity index is 239. The number of alkyl halides is 1. The molecule has 1 N–H and O–H groups in total. The minimum Gasteiger partial charge on any atom is -0.390 e. The first kappa shape index (κ1) is 14.0. The molecular formula is C11H21ClOSi. The Hall–Kier alpha value is 0.0269. The zero-order valence-electron chi connectivity index (χ0n) is 9.98. The predicted octanol–water partition coefficient (Wildman–Crippen LogP) is 2.88. The summed E-state index contributed by atoms with van der Waals surface area (Å²) >= 11 is 6.02. The molecule has 0 aliphatic heterocycles. The summed E-state index contributed by atoms with van der Waals surface area (Å²) in [5, 5.41) is 9.38. The summed E-state index contributed by atoms with van der Waals surface area (Å²) in [6.07, 6.45) is -0.576. The molecule has 1 nitrogen and oxygen atoms in total. The van der Waals surface area contributed by atoms with E-state index in [1.807, 2.05) is 20.8 Å². The Kier molecular flexibility index (Phi) is 4.71. The van der Waals surface area contributed by atoms with Crippen molar-refractivity contribution < 1.29 is 5.11 Å². The van der Waals surface area contributed by atoms with Gasteiger partial charge in [-0.25, -0.2) is 0 Å². The van der Waals surface area contributed by atoms with Crippen molar-refractivity contribution in [3.05, 3.63) is 0 Å². The highest BCUT2D eigenvalue weighted by Crippen LogP contribution is 2.24. The summed E-state index contributed by atoms with van der Waals surface area (Å²) in [4.78, 5) is 0. The second-order valence-electron chi connectivity index (χ2n) is 5.73. The van der Waals surface area contributed by atoms with Crippen molar-refractivity contribution in [3.63, 3.8) is 0 Å². The molecule has 0 bridgehead atoms. The van der Waals surface area contributed by atoms with Gasteiger partial charge in [0.05, 0.1) is 6.10 Å². The Morgan fingerprint density at radius 3 is 1.93 bits per heavy atom. The molecule has 3 heteroatoms. The van der Waals surface area contributed by atoms with Gasteiger partial charge < -0.3 is 5.11 Å². The average molecular weight is 233 g/mol. The molecule has 0 spiro atoms. The minimum absolute atomic E-state index is 0.208. The third-order valence-corrected chi connectivity index (χ3v) is 2.99. The first-order valence-corrected chi connectivity index (χ1v) is 8.82. The van der Waals surface area contributed by atoms with Crippen molar-refractivity contribution in [3.8, 4) is 11.5 Å². The molecule has 0 rings (SSSR count). The normalized spacial score (nSPS) is 16.9. The highest BCUT2D eigenvalue weighted by Gasteiger charge is 2.28. The van der Waals surface area contributed by atoms with Crippen LogP contribution in [0, 0.1) is 16.9 Å². The summed E-state index contributed by atoms with van der Waals surface area (Å²) in [7, 11) is -1.38. The van der Waals surface area contributed by atoms with Crippen LogP contribution >= 0.6 is 11.6 Å². The molecule has 0 heterocycles. The van der Waals surface area contributed by atoms with E-state index in [0.29, 0.717) is 0 Å². The van der Waals surface area contributed by atoms with Crippen molar-refractivity contribution in [1.82, 2.24) is 0 Å². The fraction of sp³-hybridized carbons (Fsp3) is 0.818. The number of halogens is 1. The fourth-order valence-electron chi connectivity index (χ4n) is 0.803. The van der Waals surface area contributed by atoms with E-state index in [-0.39, 0.29) is 5.41 Å². The van der Waals surface area contributed by atoms with Gasteiger partial charge in [-0.05, 0) is 5.41 Å². The molecule has 0 fully saturated rings. The van der Waals surface area contributed by atoms with E-state index in [2.05, 4.69) is 31.1 Å². The number of aliphatic hydroxyl groups excluding tert-OH is 1. The van der Waals surface area contributed by atoms with Crippen molar-refractivity contribution in [2.75, 3.05) is 0 Å². The van der Waals surface area contributed by atoms with Gasteiger partial charge in [-0.3, -0.25) is 0 Å². The van der Waals surface area contributed by atoms with E-state index in [1.165, 1.54) is 0 Å². The van der Waals surface area contributed by atoms with Crippen molar-refractivity contribution in [2.24, 2.45) is 5.41 Å². The van der Waals surface area contributed by atoms with Crippen molar-refractivity contribution >= 4 is 19.7 Å². The maximum absolute atomic E-state index is 9.83. The minimum atomic E-state index is -1.38. The summed E-state index contributed by atoms with van der Waals surface area (Å²) < 4.78 is 0. The van der Waals surface area contributed by atoms with Gasteiger partial charge in [-0.1, -0.05) is 46.3 Å². The van der Waals surface area contributed by atoms with Gasteiger partial charge in [-0.15, -0.1) is 17.1 Å². The quantitative estimate of drug-likeness (QED) is 0.419. The van der Waals surface area contributed by atoms with Crippen LogP contribution in [0.4, 0.5) is 0 Å². The number of rotatable bonds is 1. The Morgan fingerprint density at radius 2 is 1.64 bits per heavy atom. The number of aliphatic hydroxyl groups is 1. The van der Waals surface area contributed by atoms with Crippen molar-refractivity contribution in [1.29, 1.82) is 0 Å². The van der Waals surface area contributed by atoms with Gasteiger partial charge in [0.25, 0.3) is 0 Å². The summed E-state index contributed by atoms with van der Waals surface area (Å²) in [5.74, 6) is 2.96. The molecule has 2 atom stereocenters. The molecule has 0 saturated carbocycles. The smallest absolute Gasteiger partial charge is 0.129 e. The standard InChI is InChI=1S/C11H21ClOSi/c1-11(2,3)10(13)9(12)7-8-14(4,5)6/h9-10,13H,1-6H3/t9-,10-/m0/s1. The summed E-state index contributed by atoms with van der Waals surface area (Å²) in [6, 6.07) is 0. The molecule has 0 aromatic heterocycles. The van der Waals surface area contributed by atoms with Crippen LogP contribution in [0.1, 0.15) is 20.8 Å². The lowest BCUT2D eigenvalue weighted by atomic mass is 9.87. The van der Waals surface area contributed by atoms with Crippen LogP contribution in [0.25, 0.3) is 0 Å². The maximum atomic E-state index is 9.83. The highest BCUT2D eigenvalue weighted by atomic mass is 35.5. The van der Waals surface area contributed by atoms with Crippen LogP contribution < -0.4 is 0 Å². The van der Waals surface area contributed by atoms with Gasteiger partial charge in [-0.2, -0.15) is 0 Å². The summed E-state index contributed by atoms with van der Waals surface area (Å²) in [6.45, 7) is 12.4. The molecule has 0 aromatic carbocycles. The van der Waals surface area contributed by atoms with Gasteiger partial charge in [0.15, 0.2) is 0 Å². The van der Waals surface area contributed by atoms with E-state index in [9.17, 15) is 5.11 Å². The second kappa shape index (κ2) is 4.70. The zero-order valence-corrected chi connectivity index (χ0v) is 11.7. The van der Waals surface area contributed by atoms with Crippen molar-refractivity contribution in [2.45, 2.75) is 51.9 Å². The molecule has 0 aliphatic carbocycles. The van der Waals surface area contributed by atoms with Gasteiger partial charge in [0.2, 0.25) is 0 Å². The largest absolute Gasteiger partial charge is 0.390 e. The lowest BCUT2D eigenvalue weighted by Gasteiger charge is -2.27. The topological polar surface area (TPSA) is 20.2 Å². The van der Waals surface area contributed by atoms with E-state index in [0.717, 1.165) is 0 Å². The van der Waals surface area contributed by atoms with Gasteiger partial charge in [0.1, 0.15) is 13.5 Å². The monoisotopic (exact) mass is 232 g/mol. The van der Waals surface area contributed by atoms with Crippen LogP contribution in [0.2, 0.25) is 19.6 Å². The molecule has 0 aliphatic rings. The number of hydrogen-bond acceptors (Lipinski definition) is 1. The molecular weight excluding hydrogens is 212 g/mol. The second-order valence-corrected chi connectivity index (χ2v) is 11.0. The lowest BCUT2D eigenvalue weighted by Crippen LogP contribution is -2.34. The highest BCUT2D eigenvalue weighted by molar-refractivity contribution is 6.83. The fourth-order valence-corrected chi connectivity index (χ4v) is 1.92. The Balaban J connectivity index is 4.48. The maximum Gasteiger partial charge on any atom is 0.129 e. The summed E-state index contributed by atoms with van der Waals surface area (Å²) in [5.41, 5.74) is 2.96. The van der Waals surface area contributed by atoms with E-state index < -0.39 is 19.6 Å². The lowest BCUT2D eigenvalue weighted by molar-refractivity contribution is 0.0706. The Labute approximate surface area is 93.9 Å². The first-order chi connectivity index (χ1) is 6.04. The van der Waals surface area contributed by atoms with Crippen LogP contribution in [0.3, 0.4) is 0 Å². The van der Waals surface area contributed by atoms with E-state index >= 15 is 0 Å². The van der Waals surface area contributed by atoms with E-state index in [4.69, 9.17) is 11.6 Å². The molecule has 0 amide bonds. The van der Waals surface area contributed by atoms with Crippen LogP contribution in [0.5, 0.6) is 0 Å². The van der Waals surface area contributed by atoms with Gasteiger partial charge in [0, 0.05) is 0 Å². The molecule has 0 radical (unpaired) electrons. The SMILES string of the molecule is CC(C)(C)[C@@H](O)[C@@H](Cl)C#C[Si](C)(C)C. The molecule has 0 aromatic rings. The average Bonchev–Trinajstić information content (AvgIpc) is 1.95. The molecule has 82 valence electrons. The third kappa shape index (κ3) is 5.69. The number of hydrogen-bond donors (Lipinski definition) is 1.